The number of halogens is 2. The summed E-state index contributed by atoms with van der Waals surface area (Å²) in [6, 6.07) is 11.2. The highest BCUT2D eigenvalue weighted by Crippen LogP contribution is 2.35. The number of ether oxygens (including phenoxy) is 1. The van der Waals surface area contributed by atoms with E-state index in [-0.39, 0.29) is 11.9 Å². The van der Waals surface area contributed by atoms with Gasteiger partial charge in [0.05, 0.1) is 13.2 Å². The van der Waals surface area contributed by atoms with E-state index in [9.17, 15) is 4.39 Å². The molecule has 0 bridgehead atoms. The van der Waals surface area contributed by atoms with Gasteiger partial charge in [-0.15, -0.1) is 0 Å². The van der Waals surface area contributed by atoms with Crippen molar-refractivity contribution < 1.29 is 9.13 Å². The molecule has 1 aliphatic rings. The van der Waals surface area contributed by atoms with Crippen molar-refractivity contribution in [3.05, 3.63) is 57.8 Å². The van der Waals surface area contributed by atoms with Gasteiger partial charge < -0.3 is 10.1 Å². The molecule has 0 heterocycles. The first-order valence-corrected chi connectivity index (χ1v) is 7.34. The number of hydrogen-bond donors (Lipinski definition) is 1. The fourth-order valence-corrected chi connectivity index (χ4v) is 3.17. The normalized spacial score (nSPS) is 16.9. The predicted octanol–water partition coefficient (Wildman–Crippen LogP) is 4.70. The molecular formula is C16H15BrFNO. The van der Waals surface area contributed by atoms with Crippen LogP contribution < -0.4 is 10.1 Å². The van der Waals surface area contributed by atoms with Crippen LogP contribution in [0.5, 0.6) is 5.75 Å². The predicted molar refractivity (Wildman–Crippen MR) is 81.8 cm³/mol. The van der Waals surface area contributed by atoms with E-state index in [4.69, 9.17) is 4.74 Å². The van der Waals surface area contributed by atoms with E-state index in [1.54, 1.807) is 13.2 Å². The van der Waals surface area contributed by atoms with Crippen molar-refractivity contribution in [3.8, 4) is 5.75 Å². The standard InChI is InChI=1S/C16H15BrFNO/c1-20-14-8-11(17)7-13(9-14)19-16-5-2-10-6-12(18)3-4-15(10)16/h3-4,6-9,16,19H,2,5H2,1H3. The molecule has 1 aliphatic carbocycles. The molecule has 2 nitrogen and oxygen atoms in total. The third-order valence-electron chi connectivity index (χ3n) is 3.63. The van der Waals surface area contributed by atoms with E-state index in [2.05, 4.69) is 21.2 Å². The Labute approximate surface area is 126 Å². The van der Waals surface area contributed by atoms with E-state index in [0.29, 0.717) is 0 Å². The van der Waals surface area contributed by atoms with Crippen LogP contribution in [0.15, 0.2) is 40.9 Å². The second kappa shape index (κ2) is 5.44. The van der Waals surface area contributed by atoms with Crippen molar-refractivity contribution in [1.29, 1.82) is 0 Å². The molecular weight excluding hydrogens is 321 g/mol. The summed E-state index contributed by atoms with van der Waals surface area (Å²) in [6.45, 7) is 0. The maximum Gasteiger partial charge on any atom is 0.123 e. The van der Waals surface area contributed by atoms with Crippen molar-refractivity contribution in [3.63, 3.8) is 0 Å². The highest BCUT2D eigenvalue weighted by Gasteiger charge is 2.22. The molecule has 3 rings (SSSR count). The van der Waals surface area contributed by atoms with Crippen molar-refractivity contribution in [2.45, 2.75) is 18.9 Å². The molecule has 2 aromatic carbocycles. The number of rotatable bonds is 3. The van der Waals surface area contributed by atoms with Gasteiger partial charge in [-0.25, -0.2) is 4.39 Å². The lowest BCUT2D eigenvalue weighted by Gasteiger charge is -2.16. The zero-order valence-corrected chi connectivity index (χ0v) is 12.7. The van der Waals surface area contributed by atoms with Gasteiger partial charge in [0, 0.05) is 16.2 Å². The molecule has 2 aromatic rings. The number of methoxy groups -OCH3 is 1. The van der Waals surface area contributed by atoms with Crippen LogP contribution >= 0.6 is 15.9 Å². The quantitative estimate of drug-likeness (QED) is 0.877. The second-order valence-electron chi connectivity index (χ2n) is 4.96. The van der Waals surface area contributed by atoms with E-state index >= 15 is 0 Å². The van der Waals surface area contributed by atoms with Crippen molar-refractivity contribution >= 4 is 21.6 Å². The fraction of sp³-hybridized carbons (Fsp3) is 0.250. The second-order valence-corrected chi connectivity index (χ2v) is 5.87. The largest absolute Gasteiger partial charge is 0.497 e. The Morgan fingerprint density at radius 3 is 2.90 bits per heavy atom. The zero-order chi connectivity index (χ0) is 14.1. The number of nitrogens with one attached hydrogen (secondary N) is 1. The minimum Gasteiger partial charge on any atom is -0.497 e. The average molecular weight is 336 g/mol. The molecule has 0 aromatic heterocycles. The van der Waals surface area contributed by atoms with Crippen LogP contribution in [0.3, 0.4) is 0 Å². The molecule has 20 heavy (non-hydrogen) atoms. The summed E-state index contributed by atoms with van der Waals surface area (Å²) in [7, 11) is 1.65. The minimum atomic E-state index is -0.159. The van der Waals surface area contributed by atoms with Crippen LogP contribution in [0, 0.1) is 5.82 Å². The molecule has 0 amide bonds. The summed E-state index contributed by atoms with van der Waals surface area (Å²) in [5.41, 5.74) is 3.29. The summed E-state index contributed by atoms with van der Waals surface area (Å²) >= 11 is 3.47. The molecule has 0 spiro atoms. The first-order chi connectivity index (χ1) is 9.65. The summed E-state index contributed by atoms with van der Waals surface area (Å²) in [4.78, 5) is 0. The number of aryl methyl sites for hydroxylation is 1. The lowest BCUT2D eigenvalue weighted by molar-refractivity contribution is 0.414. The summed E-state index contributed by atoms with van der Waals surface area (Å²) in [5.74, 6) is 0.646. The molecule has 1 N–H and O–H groups in total. The molecule has 0 saturated heterocycles. The van der Waals surface area contributed by atoms with Crippen LogP contribution in [-0.4, -0.2) is 7.11 Å². The summed E-state index contributed by atoms with van der Waals surface area (Å²) < 4.78 is 19.5. The van der Waals surface area contributed by atoms with Gasteiger partial charge in [-0.2, -0.15) is 0 Å². The van der Waals surface area contributed by atoms with Gasteiger partial charge in [0.25, 0.3) is 0 Å². The van der Waals surface area contributed by atoms with E-state index < -0.39 is 0 Å². The number of anilines is 1. The van der Waals surface area contributed by atoms with Crippen molar-refractivity contribution in [1.82, 2.24) is 0 Å². The van der Waals surface area contributed by atoms with Crippen LogP contribution in [0.25, 0.3) is 0 Å². The van der Waals surface area contributed by atoms with Crippen LogP contribution in [0.4, 0.5) is 10.1 Å². The van der Waals surface area contributed by atoms with Gasteiger partial charge >= 0.3 is 0 Å². The molecule has 4 heteroatoms. The Morgan fingerprint density at radius 2 is 2.10 bits per heavy atom. The summed E-state index contributed by atoms with van der Waals surface area (Å²) in [5, 5.41) is 3.50. The molecule has 104 valence electrons. The summed E-state index contributed by atoms with van der Waals surface area (Å²) in [6.07, 6.45) is 1.89. The van der Waals surface area contributed by atoms with Gasteiger partial charge in [-0.3, -0.25) is 0 Å². The third kappa shape index (κ3) is 2.66. The Bertz CT molecular complexity index is 644. The van der Waals surface area contributed by atoms with Crippen LogP contribution in [0.2, 0.25) is 0 Å². The van der Waals surface area contributed by atoms with Gasteiger partial charge in [0.2, 0.25) is 0 Å². The highest BCUT2D eigenvalue weighted by atomic mass is 79.9. The average Bonchev–Trinajstić information content (AvgIpc) is 2.80. The lowest BCUT2D eigenvalue weighted by Crippen LogP contribution is -2.07. The number of fused-ring (bicyclic) bond motifs is 1. The van der Waals surface area contributed by atoms with Crippen molar-refractivity contribution in [2.75, 3.05) is 12.4 Å². The van der Waals surface area contributed by atoms with Gasteiger partial charge in [-0.1, -0.05) is 22.0 Å². The molecule has 0 radical (unpaired) electrons. The molecule has 0 fully saturated rings. The molecule has 1 unspecified atom stereocenters. The van der Waals surface area contributed by atoms with Crippen LogP contribution in [0.1, 0.15) is 23.6 Å². The van der Waals surface area contributed by atoms with Crippen molar-refractivity contribution in [2.24, 2.45) is 0 Å². The maximum atomic E-state index is 13.2. The van der Waals surface area contributed by atoms with Gasteiger partial charge in [0.15, 0.2) is 0 Å². The van der Waals surface area contributed by atoms with E-state index in [1.807, 2.05) is 24.3 Å². The monoisotopic (exact) mass is 335 g/mol. The molecule has 0 saturated carbocycles. The SMILES string of the molecule is COc1cc(Br)cc(NC2CCc3cc(F)ccc32)c1. The van der Waals surface area contributed by atoms with E-state index in [1.165, 1.54) is 11.6 Å². The minimum absolute atomic E-state index is 0.159. The van der Waals surface area contributed by atoms with Gasteiger partial charge in [-0.05, 0) is 48.2 Å². The zero-order valence-electron chi connectivity index (χ0n) is 11.1. The first kappa shape index (κ1) is 13.4. The molecule has 0 aliphatic heterocycles. The Kier molecular flexibility index (Phi) is 3.66. The fourth-order valence-electron chi connectivity index (χ4n) is 2.70. The Morgan fingerprint density at radius 1 is 1.25 bits per heavy atom. The number of benzene rings is 2. The Hall–Kier alpha value is -1.55. The Balaban J connectivity index is 1.85. The first-order valence-electron chi connectivity index (χ1n) is 6.55. The van der Waals surface area contributed by atoms with Gasteiger partial charge in [0.1, 0.15) is 11.6 Å². The highest BCUT2D eigenvalue weighted by molar-refractivity contribution is 9.10. The third-order valence-corrected chi connectivity index (χ3v) is 4.09. The maximum absolute atomic E-state index is 13.2. The number of hydrogen-bond acceptors (Lipinski definition) is 2. The topological polar surface area (TPSA) is 21.3 Å². The smallest absolute Gasteiger partial charge is 0.123 e. The van der Waals surface area contributed by atoms with E-state index in [0.717, 1.165) is 34.3 Å². The lowest BCUT2D eigenvalue weighted by atomic mass is 10.1. The van der Waals surface area contributed by atoms with Crippen LogP contribution in [-0.2, 0) is 6.42 Å². The molecule has 1 atom stereocenters.